The number of carbonyl (C=O) groups is 2. The fourth-order valence-electron chi connectivity index (χ4n) is 2.15. The van der Waals surface area contributed by atoms with Gasteiger partial charge < -0.3 is 21.1 Å². The molecule has 0 spiro atoms. The number of amides is 2. The van der Waals surface area contributed by atoms with Crippen molar-refractivity contribution in [3.05, 3.63) is 29.8 Å². The minimum Gasteiger partial charge on any atom is -0.395 e. The predicted molar refractivity (Wildman–Crippen MR) is 70.6 cm³/mol. The monoisotopic (exact) mass is 263 g/mol. The van der Waals surface area contributed by atoms with Gasteiger partial charge in [0.1, 0.15) is 6.54 Å². The topological polar surface area (TPSA) is 95.7 Å². The number of aliphatic hydroxyl groups excluding tert-OH is 1. The first-order chi connectivity index (χ1) is 9.13. The van der Waals surface area contributed by atoms with E-state index in [4.69, 9.17) is 10.8 Å². The van der Waals surface area contributed by atoms with Crippen LogP contribution >= 0.6 is 0 Å². The van der Waals surface area contributed by atoms with E-state index < -0.39 is 6.04 Å². The first-order valence-corrected chi connectivity index (χ1v) is 6.16. The lowest BCUT2D eigenvalue weighted by Gasteiger charge is -2.32. The molecule has 1 atom stereocenters. The molecule has 19 heavy (non-hydrogen) atoms. The smallest absolute Gasteiger partial charge is 0.244 e. The van der Waals surface area contributed by atoms with Gasteiger partial charge in [-0.1, -0.05) is 18.2 Å². The molecule has 1 aromatic rings. The van der Waals surface area contributed by atoms with Crippen LogP contribution in [0.5, 0.6) is 0 Å². The van der Waals surface area contributed by atoms with Gasteiger partial charge in [0.2, 0.25) is 11.8 Å². The number of hydrogen-bond acceptors (Lipinski definition) is 4. The fourth-order valence-corrected chi connectivity index (χ4v) is 2.15. The number of fused-ring (bicyclic) bond motifs is 1. The quantitative estimate of drug-likeness (QED) is 0.650. The van der Waals surface area contributed by atoms with Crippen LogP contribution < -0.4 is 16.0 Å². The Balaban J connectivity index is 2.18. The number of benzene rings is 1. The number of carbonyl (C=O) groups excluding carboxylic acids is 2. The van der Waals surface area contributed by atoms with Gasteiger partial charge in [0, 0.05) is 12.2 Å². The SMILES string of the molecule is NC1Cc2ccccc2N(CC(=O)NCCO)C1=O. The molecule has 0 aromatic heterocycles. The minimum absolute atomic E-state index is 0.0798. The summed E-state index contributed by atoms with van der Waals surface area (Å²) in [5.74, 6) is -0.566. The van der Waals surface area contributed by atoms with Crippen LogP contribution in [0.1, 0.15) is 5.56 Å². The molecule has 0 bridgehead atoms. The van der Waals surface area contributed by atoms with Crippen molar-refractivity contribution in [2.75, 3.05) is 24.6 Å². The van der Waals surface area contributed by atoms with E-state index in [1.807, 2.05) is 18.2 Å². The maximum atomic E-state index is 12.1. The summed E-state index contributed by atoms with van der Waals surface area (Å²) in [5, 5.41) is 11.2. The van der Waals surface area contributed by atoms with Gasteiger partial charge in [0.25, 0.3) is 0 Å². The van der Waals surface area contributed by atoms with Crippen molar-refractivity contribution in [2.24, 2.45) is 5.73 Å². The number of anilines is 1. The Morgan fingerprint density at radius 1 is 1.47 bits per heavy atom. The Kier molecular flexibility index (Phi) is 4.13. The van der Waals surface area contributed by atoms with E-state index in [2.05, 4.69) is 5.32 Å². The van der Waals surface area contributed by atoms with E-state index in [0.29, 0.717) is 6.42 Å². The van der Waals surface area contributed by atoms with Crippen LogP contribution in [-0.2, 0) is 16.0 Å². The number of para-hydroxylation sites is 1. The molecular weight excluding hydrogens is 246 g/mol. The molecule has 1 heterocycles. The number of aliphatic hydroxyl groups is 1. The van der Waals surface area contributed by atoms with Crippen LogP contribution in [0.25, 0.3) is 0 Å². The lowest BCUT2D eigenvalue weighted by atomic mass is 9.98. The average molecular weight is 263 g/mol. The van der Waals surface area contributed by atoms with Crippen LogP contribution in [0, 0.1) is 0 Å². The maximum Gasteiger partial charge on any atom is 0.244 e. The highest BCUT2D eigenvalue weighted by atomic mass is 16.3. The van der Waals surface area contributed by atoms with Crippen molar-refractivity contribution in [3.63, 3.8) is 0 Å². The summed E-state index contributed by atoms with van der Waals surface area (Å²) in [6.45, 7) is -0.0338. The average Bonchev–Trinajstić information content (AvgIpc) is 2.41. The Morgan fingerprint density at radius 3 is 2.95 bits per heavy atom. The number of hydrogen-bond donors (Lipinski definition) is 3. The third-order valence-electron chi connectivity index (χ3n) is 3.04. The molecule has 6 nitrogen and oxygen atoms in total. The molecule has 4 N–H and O–H groups in total. The van der Waals surface area contributed by atoms with Crippen LogP contribution in [0.3, 0.4) is 0 Å². The molecule has 0 saturated heterocycles. The second-order valence-electron chi connectivity index (χ2n) is 4.44. The standard InChI is InChI=1S/C13H17N3O3/c14-10-7-9-3-1-2-4-11(9)16(13(10)19)8-12(18)15-5-6-17/h1-4,10,17H,5-8,14H2,(H,15,18). The third-order valence-corrected chi connectivity index (χ3v) is 3.04. The first-order valence-electron chi connectivity index (χ1n) is 6.16. The van der Waals surface area contributed by atoms with E-state index in [1.54, 1.807) is 6.07 Å². The zero-order chi connectivity index (χ0) is 13.8. The molecule has 0 fully saturated rings. The summed E-state index contributed by atoms with van der Waals surface area (Å²) in [6.07, 6.45) is 0.490. The molecule has 0 radical (unpaired) electrons. The van der Waals surface area contributed by atoms with Gasteiger partial charge in [-0.2, -0.15) is 0 Å². The highest BCUT2D eigenvalue weighted by Crippen LogP contribution is 2.26. The van der Waals surface area contributed by atoms with Gasteiger partial charge >= 0.3 is 0 Å². The summed E-state index contributed by atoms with van der Waals surface area (Å²) >= 11 is 0. The van der Waals surface area contributed by atoms with E-state index in [0.717, 1.165) is 11.3 Å². The van der Waals surface area contributed by atoms with Gasteiger partial charge in [0.15, 0.2) is 0 Å². The molecule has 6 heteroatoms. The fraction of sp³-hybridized carbons (Fsp3) is 0.385. The molecule has 0 aliphatic carbocycles. The molecule has 102 valence electrons. The van der Waals surface area contributed by atoms with Gasteiger partial charge in [-0.3, -0.25) is 9.59 Å². The number of rotatable bonds is 4. The summed E-state index contributed by atoms with van der Waals surface area (Å²) in [4.78, 5) is 25.1. The van der Waals surface area contributed by atoms with Crippen LogP contribution in [0.15, 0.2) is 24.3 Å². The number of nitrogens with one attached hydrogen (secondary N) is 1. The Labute approximate surface area is 111 Å². The van der Waals surface area contributed by atoms with Crippen molar-refractivity contribution in [1.29, 1.82) is 0 Å². The van der Waals surface area contributed by atoms with Crippen molar-refractivity contribution < 1.29 is 14.7 Å². The van der Waals surface area contributed by atoms with E-state index in [-0.39, 0.29) is 31.5 Å². The van der Waals surface area contributed by atoms with E-state index in [9.17, 15) is 9.59 Å². The second-order valence-corrected chi connectivity index (χ2v) is 4.44. The van der Waals surface area contributed by atoms with Gasteiger partial charge in [-0.25, -0.2) is 0 Å². The highest BCUT2D eigenvalue weighted by molar-refractivity contribution is 6.03. The van der Waals surface area contributed by atoms with Crippen LogP contribution in [0.2, 0.25) is 0 Å². The normalized spacial score (nSPS) is 18.1. The summed E-state index contributed by atoms with van der Waals surface area (Å²) < 4.78 is 0. The lowest BCUT2D eigenvalue weighted by molar-refractivity contribution is -0.124. The first kappa shape index (κ1) is 13.5. The number of nitrogens with zero attached hydrogens (tertiary/aromatic N) is 1. The van der Waals surface area contributed by atoms with Crippen molar-refractivity contribution >= 4 is 17.5 Å². The second kappa shape index (κ2) is 5.81. The molecule has 0 saturated carbocycles. The Hall–Kier alpha value is -1.92. The van der Waals surface area contributed by atoms with Crippen molar-refractivity contribution in [2.45, 2.75) is 12.5 Å². The van der Waals surface area contributed by atoms with Crippen LogP contribution in [0.4, 0.5) is 5.69 Å². The molecular formula is C13H17N3O3. The molecule has 1 aliphatic heterocycles. The predicted octanol–water partition coefficient (Wildman–Crippen LogP) is -0.988. The summed E-state index contributed by atoms with van der Waals surface area (Å²) in [7, 11) is 0. The van der Waals surface area contributed by atoms with Crippen molar-refractivity contribution in [1.82, 2.24) is 5.32 Å². The zero-order valence-corrected chi connectivity index (χ0v) is 10.5. The molecule has 1 aliphatic rings. The van der Waals surface area contributed by atoms with E-state index in [1.165, 1.54) is 4.90 Å². The van der Waals surface area contributed by atoms with Gasteiger partial charge in [0.05, 0.1) is 12.6 Å². The largest absolute Gasteiger partial charge is 0.395 e. The maximum absolute atomic E-state index is 12.1. The minimum atomic E-state index is -0.611. The summed E-state index contributed by atoms with van der Waals surface area (Å²) in [6, 6.07) is 6.80. The highest BCUT2D eigenvalue weighted by Gasteiger charge is 2.31. The zero-order valence-electron chi connectivity index (χ0n) is 10.5. The van der Waals surface area contributed by atoms with Crippen molar-refractivity contribution in [3.8, 4) is 0 Å². The summed E-state index contributed by atoms with van der Waals surface area (Å²) in [5.41, 5.74) is 7.49. The van der Waals surface area contributed by atoms with E-state index >= 15 is 0 Å². The Bertz CT molecular complexity index is 490. The molecule has 2 rings (SSSR count). The molecule has 1 unspecified atom stereocenters. The van der Waals surface area contributed by atoms with Gasteiger partial charge in [-0.15, -0.1) is 0 Å². The molecule has 2 amide bonds. The third kappa shape index (κ3) is 2.91. The number of nitrogens with two attached hydrogens (primary N) is 1. The Morgan fingerprint density at radius 2 is 2.21 bits per heavy atom. The van der Waals surface area contributed by atoms with Gasteiger partial charge in [-0.05, 0) is 18.1 Å². The lowest BCUT2D eigenvalue weighted by Crippen LogP contribution is -2.52. The molecule has 1 aromatic carbocycles. The van der Waals surface area contributed by atoms with Crippen LogP contribution in [-0.4, -0.2) is 42.7 Å².